The Bertz CT molecular complexity index is 1160. The van der Waals surface area contributed by atoms with Gasteiger partial charge < -0.3 is 14.6 Å². The van der Waals surface area contributed by atoms with Gasteiger partial charge in [0.05, 0.1) is 12.6 Å². The second-order valence-electron chi connectivity index (χ2n) is 8.54. The number of rotatable bonds is 13. The number of benzene rings is 2. The van der Waals surface area contributed by atoms with E-state index in [4.69, 9.17) is 4.74 Å². The summed E-state index contributed by atoms with van der Waals surface area (Å²) in [6.45, 7) is 4.16. The lowest BCUT2D eigenvalue weighted by atomic mass is 9.99. The molecule has 0 aliphatic rings. The Morgan fingerprint density at radius 3 is 2.30 bits per heavy atom. The first kappa shape index (κ1) is 27.9. The SMILES string of the molecule is CCCC[C@@H](Nc1ccc(C(=O)CCCC(=O)OCC)cc1)c1ccc(-c2noc(C(F)(F)F)n2)cc1. The average Bonchev–Trinajstić information content (AvgIpc) is 3.38. The van der Waals surface area contributed by atoms with Gasteiger partial charge in [-0.2, -0.15) is 18.2 Å². The largest absolute Gasteiger partial charge is 0.471 e. The summed E-state index contributed by atoms with van der Waals surface area (Å²) in [7, 11) is 0. The van der Waals surface area contributed by atoms with Crippen LogP contribution < -0.4 is 5.32 Å². The number of halogens is 3. The third-order valence-corrected chi connectivity index (χ3v) is 5.72. The Kier molecular flexibility index (Phi) is 9.82. The number of alkyl halides is 3. The summed E-state index contributed by atoms with van der Waals surface area (Å²) in [6, 6.07) is 14.1. The number of carbonyl (C=O) groups is 2. The Balaban J connectivity index is 1.65. The summed E-state index contributed by atoms with van der Waals surface area (Å²) < 4.78 is 47.5. The van der Waals surface area contributed by atoms with Crippen LogP contribution in [0.25, 0.3) is 11.4 Å². The Morgan fingerprint density at radius 2 is 1.70 bits per heavy atom. The molecule has 37 heavy (non-hydrogen) atoms. The third-order valence-electron chi connectivity index (χ3n) is 5.72. The third kappa shape index (κ3) is 8.16. The van der Waals surface area contributed by atoms with Gasteiger partial charge in [0.1, 0.15) is 0 Å². The molecule has 1 heterocycles. The fourth-order valence-electron chi connectivity index (χ4n) is 3.78. The number of unbranched alkanes of at least 4 members (excludes halogenated alkanes) is 1. The van der Waals surface area contributed by atoms with Crippen LogP contribution in [0, 0.1) is 0 Å². The highest BCUT2D eigenvalue weighted by Gasteiger charge is 2.38. The first-order valence-electron chi connectivity index (χ1n) is 12.3. The van der Waals surface area contributed by atoms with E-state index in [0.717, 1.165) is 30.5 Å². The summed E-state index contributed by atoms with van der Waals surface area (Å²) in [6.07, 6.45) is -0.966. The van der Waals surface area contributed by atoms with E-state index in [1.54, 1.807) is 31.2 Å². The molecule has 1 N–H and O–H groups in total. The number of nitrogens with one attached hydrogen (secondary N) is 1. The van der Waals surface area contributed by atoms with Crippen LogP contribution >= 0.6 is 0 Å². The minimum Gasteiger partial charge on any atom is -0.466 e. The highest BCUT2D eigenvalue weighted by atomic mass is 19.4. The Morgan fingerprint density at radius 1 is 1.00 bits per heavy atom. The zero-order valence-corrected chi connectivity index (χ0v) is 20.8. The van der Waals surface area contributed by atoms with Crippen LogP contribution in [0.2, 0.25) is 0 Å². The molecule has 0 saturated heterocycles. The average molecular weight is 518 g/mol. The summed E-state index contributed by atoms with van der Waals surface area (Å²) in [5.41, 5.74) is 2.78. The second-order valence-corrected chi connectivity index (χ2v) is 8.54. The lowest BCUT2D eigenvalue weighted by molar-refractivity contribution is -0.159. The van der Waals surface area contributed by atoms with Gasteiger partial charge in [0, 0.05) is 29.7 Å². The van der Waals surface area contributed by atoms with Crippen LogP contribution in [-0.4, -0.2) is 28.5 Å². The van der Waals surface area contributed by atoms with E-state index in [-0.39, 0.29) is 36.5 Å². The van der Waals surface area contributed by atoms with Gasteiger partial charge in [-0.25, -0.2) is 0 Å². The topological polar surface area (TPSA) is 94.3 Å². The van der Waals surface area contributed by atoms with E-state index in [1.165, 1.54) is 0 Å². The lowest BCUT2D eigenvalue weighted by Crippen LogP contribution is -2.11. The van der Waals surface area contributed by atoms with Gasteiger partial charge in [0.25, 0.3) is 0 Å². The van der Waals surface area contributed by atoms with Crippen LogP contribution in [0.4, 0.5) is 18.9 Å². The summed E-state index contributed by atoms with van der Waals surface area (Å²) >= 11 is 0. The number of esters is 1. The Labute approximate surface area is 213 Å². The van der Waals surface area contributed by atoms with Crippen molar-refractivity contribution in [3.05, 3.63) is 65.5 Å². The highest BCUT2D eigenvalue weighted by molar-refractivity contribution is 5.96. The van der Waals surface area contributed by atoms with Crippen LogP contribution in [0.1, 0.15) is 80.2 Å². The quantitative estimate of drug-likeness (QED) is 0.192. The first-order chi connectivity index (χ1) is 17.7. The number of ether oxygens (including phenoxy) is 1. The molecule has 7 nitrogen and oxygen atoms in total. The molecule has 0 fully saturated rings. The van der Waals surface area contributed by atoms with Gasteiger partial charge in [-0.1, -0.05) is 49.2 Å². The van der Waals surface area contributed by atoms with Crippen LogP contribution in [-0.2, 0) is 15.7 Å². The Hall–Kier alpha value is -3.69. The molecule has 3 rings (SSSR count). The van der Waals surface area contributed by atoms with Crippen molar-refractivity contribution in [1.29, 1.82) is 0 Å². The maximum atomic E-state index is 12.8. The zero-order valence-electron chi connectivity index (χ0n) is 20.8. The smallest absolute Gasteiger partial charge is 0.466 e. The molecule has 0 amide bonds. The number of anilines is 1. The van der Waals surface area contributed by atoms with Crippen molar-refractivity contribution in [3.8, 4) is 11.4 Å². The maximum absolute atomic E-state index is 12.8. The molecule has 10 heteroatoms. The van der Waals surface area contributed by atoms with Crippen LogP contribution in [0.3, 0.4) is 0 Å². The number of aromatic nitrogens is 2. The highest BCUT2D eigenvalue weighted by Crippen LogP contribution is 2.31. The second kappa shape index (κ2) is 13.0. The predicted molar refractivity (Wildman–Crippen MR) is 132 cm³/mol. The molecule has 2 aromatic carbocycles. The summed E-state index contributed by atoms with van der Waals surface area (Å²) in [5.74, 6) is -1.84. The lowest BCUT2D eigenvalue weighted by Gasteiger charge is -2.21. The molecular weight excluding hydrogens is 487 g/mol. The van der Waals surface area contributed by atoms with Gasteiger partial charge in [0.2, 0.25) is 5.82 Å². The number of carbonyl (C=O) groups excluding carboxylic acids is 2. The zero-order chi connectivity index (χ0) is 26.8. The molecule has 1 atom stereocenters. The van der Waals surface area contributed by atoms with Crippen molar-refractivity contribution in [3.63, 3.8) is 0 Å². The van der Waals surface area contributed by atoms with E-state index >= 15 is 0 Å². The number of hydrogen-bond acceptors (Lipinski definition) is 7. The van der Waals surface area contributed by atoms with E-state index in [9.17, 15) is 22.8 Å². The number of ketones is 1. The molecule has 1 aromatic heterocycles. The molecule has 0 aliphatic heterocycles. The first-order valence-corrected chi connectivity index (χ1v) is 12.3. The molecule has 0 spiro atoms. The minimum atomic E-state index is -4.69. The molecule has 0 bridgehead atoms. The van der Waals surface area contributed by atoms with Crippen molar-refractivity contribution in [2.75, 3.05) is 11.9 Å². The van der Waals surface area contributed by atoms with Gasteiger partial charge in [-0.15, -0.1) is 0 Å². The van der Waals surface area contributed by atoms with Crippen LogP contribution in [0.5, 0.6) is 0 Å². The van der Waals surface area contributed by atoms with Gasteiger partial charge in [-0.05, 0) is 49.6 Å². The molecule has 0 aliphatic carbocycles. The van der Waals surface area contributed by atoms with E-state index < -0.39 is 12.1 Å². The van der Waals surface area contributed by atoms with Crippen molar-refractivity contribution < 1.29 is 32.0 Å². The number of hydrogen-bond donors (Lipinski definition) is 1. The predicted octanol–water partition coefficient (Wildman–Crippen LogP) is 7.01. The molecule has 0 radical (unpaired) electrons. The van der Waals surface area contributed by atoms with Crippen molar-refractivity contribution in [1.82, 2.24) is 10.1 Å². The minimum absolute atomic E-state index is 0.0379. The fraction of sp³-hybridized carbons (Fsp3) is 0.407. The molecule has 0 saturated carbocycles. The van der Waals surface area contributed by atoms with Gasteiger partial charge in [0.15, 0.2) is 5.78 Å². The van der Waals surface area contributed by atoms with Crippen molar-refractivity contribution in [2.45, 2.75) is 64.6 Å². The van der Waals surface area contributed by atoms with E-state index in [2.05, 4.69) is 26.9 Å². The summed E-state index contributed by atoms with van der Waals surface area (Å²) in [4.78, 5) is 27.3. The van der Waals surface area contributed by atoms with Crippen molar-refractivity contribution >= 4 is 17.4 Å². The normalized spacial score (nSPS) is 12.2. The monoisotopic (exact) mass is 517 g/mol. The van der Waals surface area contributed by atoms with E-state index in [1.807, 2.05) is 24.3 Å². The molecule has 3 aromatic rings. The van der Waals surface area contributed by atoms with Gasteiger partial charge in [-0.3, -0.25) is 9.59 Å². The maximum Gasteiger partial charge on any atom is 0.471 e. The van der Waals surface area contributed by atoms with E-state index in [0.29, 0.717) is 24.2 Å². The van der Waals surface area contributed by atoms with Gasteiger partial charge >= 0.3 is 18.0 Å². The number of Topliss-reactive ketones (excluding diaryl/α,β-unsaturated/α-hetero) is 1. The summed E-state index contributed by atoms with van der Waals surface area (Å²) in [5, 5.41) is 6.91. The molecular formula is C27H30F3N3O4. The fourth-order valence-corrected chi connectivity index (χ4v) is 3.78. The standard InChI is InChI=1S/C27H30F3N3O4/c1-3-5-7-22(18-10-12-20(13-11-18)25-32-26(37-33-25)27(28,29)30)31-21-16-14-19(15-17-21)23(34)8-6-9-24(35)36-4-2/h10-17,22,31H,3-9H2,1-2H3/t22-/m1/s1. The molecule has 198 valence electrons. The molecule has 0 unspecified atom stereocenters. The van der Waals surface area contributed by atoms with Crippen molar-refractivity contribution in [2.24, 2.45) is 0 Å². The van der Waals surface area contributed by atoms with Crippen LogP contribution in [0.15, 0.2) is 53.1 Å². The number of nitrogens with zero attached hydrogens (tertiary/aromatic N) is 2.